The van der Waals surface area contributed by atoms with E-state index in [-0.39, 0.29) is 22.8 Å². The van der Waals surface area contributed by atoms with Crippen molar-refractivity contribution in [2.24, 2.45) is 11.8 Å². The highest BCUT2D eigenvalue weighted by Crippen LogP contribution is 2.37. The Morgan fingerprint density at radius 2 is 1.61 bits per heavy atom. The van der Waals surface area contributed by atoms with Gasteiger partial charge in [0, 0.05) is 12.1 Å². The summed E-state index contributed by atoms with van der Waals surface area (Å²) in [7, 11) is 0. The Balaban J connectivity index is 1.71. The average molecular weight is 440 g/mol. The summed E-state index contributed by atoms with van der Waals surface area (Å²) in [6.45, 7) is -0.119. The van der Waals surface area contributed by atoms with Crippen LogP contribution in [-0.4, -0.2) is 32.7 Å². The number of carbonyl (C=O) groups is 3. The first kappa shape index (κ1) is 20.7. The zero-order chi connectivity index (χ0) is 22.1. The Bertz CT molecular complexity index is 1070. The largest absolute Gasteiger partial charge is 0.274 e. The van der Waals surface area contributed by atoms with Crippen molar-refractivity contribution in [3.63, 3.8) is 0 Å². The zero-order valence-corrected chi connectivity index (χ0v) is 17.1. The fourth-order valence-corrected chi connectivity index (χ4v) is 4.14. The predicted molar refractivity (Wildman–Crippen MR) is 112 cm³/mol. The fraction of sp³-hybridized carbons (Fsp3) is 0.227. The summed E-state index contributed by atoms with van der Waals surface area (Å²) < 4.78 is 0. The third kappa shape index (κ3) is 3.82. The lowest BCUT2D eigenvalue weighted by Gasteiger charge is -2.31. The van der Waals surface area contributed by atoms with Crippen LogP contribution in [0.3, 0.4) is 0 Å². The SMILES string of the molecule is O=C(c1ccccc1Cl)N(Cc1ccc([N+](=O)[O-])cc1)N1C(=O)[C@H]2CC=CC[C@@H]2C1=O. The van der Waals surface area contributed by atoms with Gasteiger partial charge in [-0.2, -0.15) is 5.01 Å². The first-order chi connectivity index (χ1) is 14.9. The molecule has 9 heteroatoms. The molecule has 1 fully saturated rings. The molecule has 2 aromatic rings. The van der Waals surface area contributed by atoms with Crippen LogP contribution in [0.5, 0.6) is 0 Å². The van der Waals surface area contributed by atoms with E-state index in [9.17, 15) is 24.5 Å². The van der Waals surface area contributed by atoms with E-state index in [1.807, 2.05) is 12.2 Å². The lowest BCUT2D eigenvalue weighted by atomic mass is 9.85. The van der Waals surface area contributed by atoms with Gasteiger partial charge in [-0.25, -0.2) is 5.01 Å². The number of hydrogen-bond donors (Lipinski definition) is 0. The predicted octanol–water partition coefficient (Wildman–Crippen LogP) is 3.76. The Morgan fingerprint density at radius 3 is 2.16 bits per heavy atom. The molecule has 3 amide bonds. The third-order valence-electron chi connectivity index (χ3n) is 5.54. The molecule has 31 heavy (non-hydrogen) atoms. The van der Waals surface area contributed by atoms with Crippen LogP contribution in [-0.2, 0) is 16.1 Å². The van der Waals surface area contributed by atoms with Gasteiger partial charge in [0.15, 0.2) is 0 Å². The van der Waals surface area contributed by atoms with Crippen molar-refractivity contribution >= 4 is 35.0 Å². The number of fused-ring (bicyclic) bond motifs is 1. The maximum atomic E-state index is 13.4. The first-order valence-corrected chi connectivity index (χ1v) is 10.1. The summed E-state index contributed by atoms with van der Waals surface area (Å²) in [5.74, 6) is -2.47. The second kappa shape index (κ2) is 8.31. The molecule has 2 atom stereocenters. The number of nitrogens with zero attached hydrogens (tertiary/aromatic N) is 3. The van der Waals surface area contributed by atoms with Gasteiger partial charge in [-0.1, -0.05) is 48.0 Å². The molecule has 0 saturated carbocycles. The fourth-order valence-electron chi connectivity index (χ4n) is 3.92. The van der Waals surface area contributed by atoms with Crippen LogP contribution in [0, 0.1) is 22.0 Å². The number of carbonyl (C=O) groups excluding carboxylic acids is 3. The summed E-state index contributed by atoms with van der Waals surface area (Å²) >= 11 is 6.20. The highest BCUT2D eigenvalue weighted by atomic mass is 35.5. The van der Waals surface area contributed by atoms with Crippen molar-refractivity contribution in [3.05, 3.63) is 86.9 Å². The van der Waals surface area contributed by atoms with E-state index in [1.54, 1.807) is 18.2 Å². The second-order valence-electron chi connectivity index (χ2n) is 7.41. The Morgan fingerprint density at radius 1 is 1.03 bits per heavy atom. The summed E-state index contributed by atoms with van der Waals surface area (Å²) in [6, 6.07) is 12.0. The summed E-state index contributed by atoms with van der Waals surface area (Å²) in [5.41, 5.74) is 0.581. The number of nitro benzene ring substituents is 1. The lowest BCUT2D eigenvalue weighted by molar-refractivity contribution is -0.384. The van der Waals surface area contributed by atoms with Gasteiger partial charge >= 0.3 is 0 Å². The highest BCUT2D eigenvalue weighted by molar-refractivity contribution is 6.33. The van der Waals surface area contributed by atoms with Gasteiger partial charge < -0.3 is 0 Å². The summed E-state index contributed by atoms with van der Waals surface area (Å²) in [4.78, 5) is 50.0. The van der Waals surface area contributed by atoms with Crippen molar-refractivity contribution in [1.29, 1.82) is 0 Å². The van der Waals surface area contributed by atoms with Crippen LogP contribution >= 0.6 is 11.6 Å². The number of non-ortho nitro benzene ring substituents is 1. The maximum absolute atomic E-state index is 13.4. The molecule has 8 nitrogen and oxygen atoms in total. The number of nitro groups is 1. The van der Waals surface area contributed by atoms with E-state index in [2.05, 4.69) is 0 Å². The number of hydrogen-bond acceptors (Lipinski definition) is 5. The van der Waals surface area contributed by atoms with Crippen molar-refractivity contribution in [2.45, 2.75) is 19.4 Å². The van der Waals surface area contributed by atoms with Crippen LogP contribution in [0.2, 0.25) is 5.02 Å². The van der Waals surface area contributed by atoms with Crippen molar-refractivity contribution in [2.75, 3.05) is 0 Å². The van der Waals surface area contributed by atoms with Gasteiger partial charge in [-0.05, 0) is 30.5 Å². The topological polar surface area (TPSA) is 101 Å². The van der Waals surface area contributed by atoms with Gasteiger partial charge in [0.1, 0.15) is 0 Å². The molecule has 158 valence electrons. The molecule has 1 aliphatic carbocycles. The number of rotatable bonds is 5. The molecule has 0 bridgehead atoms. The van der Waals surface area contributed by atoms with Crippen molar-refractivity contribution in [1.82, 2.24) is 10.0 Å². The summed E-state index contributed by atoms with van der Waals surface area (Å²) in [5, 5.41) is 13.1. The first-order valence-electron chi connectivity index (χ1n) is 9.71. The quantitative estimate of drug-likeness (QED) is 0.305. The summed E-state index contributed by atoms with van der Waals surface area (Å²) in [6.07, 6.45) is 4.62. The van der Waals surface area contributed by atoms with Gasteiger partial charge in [0.25, 0.3) is 23.4 Å². The second-order valence-corrected chi connectivity index (χ2v) is 7.82. The van der Waals surface area contributed by atoms with E-state index < -0.39 is 34.5 Å². The Labute approximate surface area is 182 Å². The van der Waals surface area contributed by atoms with Gasteiger partial charge in [0.05, 0.1) is 33.9 Å². The maximum Gasteiger partial charge on any atom is 0.274 e. The number of benzene rings is 2. The monoisotopic (exact) mass is 439 g/mol. The molecule has 2 aromatic carbocycles. The van der Waals surface area contributed by atoms with Gasteiger partial charge in [0.2, 0.25) is 0 Å². The molecule has 0 spiro atoms. The third-order valence-corrected chi connectivity index (χ3v) is 5.87. The number of hydrazine groups is 1. The molecule has 0 unspecified atom stereocenters. The van der Waals surface area contributed by atoms with E-state index in [1.165, 1.54) is 30.3 Å². The molecule has 2 aliphatic rings. The number of imide groups is 1. The van der Waals surface area contributed by atoms with E-state index in [0.29, 0.717) is 18.4 Å². The van der Waals surface area contributed by atoms with Crippen LogP contribution in [0.1, 0.15) is 28.8 Å². The van der Waals surface area contributed by atoms with E-state index in [0.717, 1.165) is 10.0 Å². The Hall–Kier alpha value is -3.52. The average Bonchev–Trinajstić information content (AvgIpc) is 3.03. The van der Waals surface area contributed by atoms with Gasteiger partial charge in [-0.15, -0.1) is 0 Å². The van der Waals surface area contributed by atoms with Crippen LogP contribution in [0.4, 0.5) is 5.69 Å². The highest BCUT2D eigenvalue weighted by Gasteiger charge is 2.50. The Kier molecular flexibility index (Phi) is 5.56. The molecule has 1 aliphatic heterocycles. The molecule has 0 aromatic heterocycles. The minimum atomic E-state index is -0.600. The van der Waals surface area contributed by atoms with Crippen molar-refractivity contribution in [3.8, 4) is 0 Å². The molecule has 0 radical (unpaired) electrons. The van der Waals surface area contributed by atoms with Crippen LogP contribution in [0.25, 0.3) is 0 Å². The van der Waals surface area contributed by atoms with Crippen LogP contribution < -0.4 is 0 Å². The van der Waals surface area contributed by atoms with Crippen LogP contribution in [0.15, 0.2) is 60.7 Å². The van der Waals surface area contributed by atoms with Gasteiger partial charge in [-0.3, -0.25) is 24.5 Å². The van der Waals surface area contributed by atoms with Crippen molar-refractivity contribution < 1.29 is 19.3 Å². The van der Waals surface area contributed by atoms with E-state index >= 15 is 0 Å². The zero-order valence-electron chi connectivity index (χ0n) is 16.3. The number of halogens is 1. The molecule has 1 heterocycles. The number of amides is 3. The lowest BCUT2D eigenvalue weighted by Crippen LogP contribution is -2.49. The minimum Gasteiger partial charge on any atom is -0.272 e. The standard InChI is InChI=1S/C22H18ClN3O5/c23-19-8-4-3-7-18(19)20(27)24(13-14-9-11-15(12-10-14)26(30)31)25-21(28)16-5-1-2-6-17(16)22(25)29/h1-4,7-12,16-17H,5-6,13H2/t16-,17-/m0/s1. The van der Waals surface area contributed by atoms with E-state index in [4.69, 9.17) is 11.6 Å². The number of allylic oxidation sites excluding steroid dienone is 2. The molecular formula is C22H18ClN3O5. The molecular weight excluding hydrogens is 422 g/mol. The minimum absolute atomic E-state index is 0.0989. The molecule has 0 N–H and O–H groups in total. The smallest absolute Gasteiger partial charge is 0.272 e. The normalized spacial score (nSPS) is 20.0. The molecule has 1 saturated heterocycles. The molecule has 4 rings (SSSR count).